The van der Waals surface area contributed by atoms with Crippen LogP contribution in [-0.2, 0) is 0 Å². The first-order chi connectivity index (χ1) is 8.08. The summed E-state index contributed by atoms with van der Waals surface area (Å²) >= 11 is 3.49. The van der Waals surface area contributed by atoms with Gasteiger partial charge in [0, 0.05) is 36.2 Å². The molecule has 0 aromatic heterocycles. The molecule has 0 spiro atoms. The van der Waals surface area contributed by atoms with Crippen LogP contribution in [0.2, 0.25) is 0 Å². The summed E-state index contributed by atoms with van der Waals surface area (Å²) in [5.74, 6) is 0. The number of likely N-dealkylation sites (N-methyl/N-ethyl adjacent to an activating group) is 1. The topological polar surface area (TPSA) is 6.48 Å². The molecule has 0 radical (unpaired) electrons. The van der Waals surface area contributed by atoms with E-state index in [0.29, 0.717) is 12.1 Å². The van der Waals surface area contributed by atoms with Gasteiger partial charge < -0.3 is 4.90 Å². The standard InChI is InChI=1S/C14H21BrN2/c1-11-10-16(3)8-9-17(11)12(2)13-4-6-14(15)7-5-13/h4-7,11-12H,8-10H2,1-3H3. The third-order valence-corrected chi connectivity index (χ3v) is 4.26. The van der Waals surface area contributed by atoms with Crippen molar-refractivity contribution in [1.82, 2.24) is 9.80 Å². The molecule has 0 N–H and O–H groups in total. The van der Waals surface area contributed by atoms with Crippen LogP contribution in [0.1, 0.15) is 25.5 Å². The van der Waals surface area contributed by atoms with Crippen LogP contribution in [0, 0.1) is 0 Å². The van der Waals surface area contributed by atoms with Crippen molar-refractivity contribution in [2.45, 2.75) is 25.9 Å². The SMILES string of the molecule is CC1CN(C)CCN1C(C)c1ccc(Br)cc1. The van der Waals surface area contributed by atoms with Gasteiger partial charge in [-0.1, -0.05) is 28.1 Å². The van der Waals surface area contributed by atoms with Crippen molar-refractivity contribution in [3.63, 3.8) is 0 Å². The normalized spacial score (nSPS) is 24.8. The largest absolute Gasteiger partial charge is 0.304 e. The summed E-state index contributed by atoms with van der Waals surface area (Å²) in [5, 5.41) is 0. The lowest BCUT2D eigenvalue weighted by atomic mass is 10.0. The minimum absolute atomic E-state index is 0.506. The van der Waals surface area contributed by atoms with Gasteiger partial charge in [0.05, 0.1) is 0 Å². The van der Waals surface area contributed by atoms with E-state index in [1.807, 2.05) is 0 Å². The molecular formula is C14H21BrN2. The molecule has 1 aromatic carbocycles. The second-order valence-corrected chi connectivity index (χ2v) is 5.99. The molecule has 1 aliphatic heterocycles. The summed E-state index contributed by atoms with van der Waals surface area (Å²) in [6.07, 6.45) is 0. The molecule has 1 aliphatic rings. The molecule has 0 bridgehead atoms. The minimum Gasteiger partial charge on any atom is -0.304 e. The van der Waals surface area contributed by atoms with Gasteiger partial charge in [-0.3, -0.25) is 4.90 Å². The van der Waals surface area contributed by atoms with E-state index >= 15 is 0 Å². The molecule has 0 saturated carbocycles. The number of hydrogen-bond acceptors (Lipinski definition) is 2. The summed E-state index contributed by atoms with van der Waals surface area (Å²) in [4.78, 5) is 5.01. The molecular weight excluding hydrogens is 276 g/mol. The number of halogens is 1. The Morgan fingerprint density at radius 3 is 2.47 bits per heavy atom. The Hall–Kier alpha value is -0.380. The van der Waals surface area contributed by atoms with Crippen LogP contribution in [0.5, 0.6) is 0 Å². The maximum atomic E-state index is 3.49. The molecule has 1 heterocycles. The Morgan fingerprint density at radius 1 is 1.24 bits per heavy atom. The van der Waals surface area contributed by atoms with Crippen LogP contribution in [0.15, 0.2) is 28.7 Å². The molecule has 17 heavy (non-hydrogen) atoms. The first kappa shape index (κ1) is 13.1. The Balaban J connectivity index is 2.09. The molecule has 0 amide bonds. The Morgan fingerprint density at radius 2 is 1.88 bits per heavy atom. The lowest BCUT2D eigenvalue weighted by Gasteiger charge is -2.41. The van der Waals surface area contributed by atoms with Crippen molar-refractivity contribution in [2.75, 3.05) is 26.7 Å². The number of piperazine rings is 1. The van der Waals surface area contributed by atoms with Crippen LogP contribution in [0.4, 0.5) is 0 Å². The predicted octanol–water partition coefficient (Wildman–Crippen LogP) is 3.15. The summed E-state index contributed by atoms with van der Waals surface area (Å²) in [7, 11) is 2.21. The van der Waals surface area contributed by atoms with Crippen LogP contribution in [-0.4, -0.2) is 42.5 Å². The van der Waals surface area contributed by atoms with Crippen molar-refractivity contribution in [3.8, 4) is 0 Å². The lowest BCUT2D eigenvalue weighted by Crippen LogP contribution is -2.51. The molecule has 3 heteroatoms. The van der Waals surface area contributed by atoms with Gasteiger partial charge in [0.15, 0.2) is 0 Å². The quantitative estimate of drug-likeness (QED) is 0.827. The van der Waals surface area contributed by atoms with Crippen molar-refractivity contribution in [2.24, 2.45) is 0 Å². The average molecular weight is 297 g/mol. The number of rotatable bonds is 2. The molecule has 1 saturated heterocycles. The minimum atomic E-state index is 0.506. The van der Waals surface area contributed by atoms with Crippen molar-refractivity contribution in [1.29, 1.82) is 0 Å². The molecule has 2 rings (SSSR count). The van der Waals surface area contributed by atoms with Gasteiger partial charge in [0.2, 0.25) is 0 Å². The van der Waals surface area contributed by atoms with E-state index in [2.05, 4.69) is 70.9 Å². The maximum absolute atomic E-state index is 3.49. The molecule has 2 nitrogen and oxygen atoms in total. The zero-order valence-electron chi connectivity index (χ0n) is 10.9. The number of nitrogens with zero attached hydrogens (tertiary/aromatic N) is 2. The van der Waals surface area contributed by atoms with E-state index in [9.17, 15) is 0 Å². The molecule has 2 atom stereocenters. The molecule has 94 valence electrons. The maximum Gasteiger partial charge on any atom is 0.0323 e. The van der Waals surface area contributed by atoms with Gasteiger partial charge in [-0.15, -0.1) is 0 Å². The van der Waals surface area contributed by atoms with E-state index in [4.69, 9.17) is 0 Å². The molecule has 1 fully saturated rings. The number of hydrogen-bond donors (Lipinski definition) is 0. The van der Waals surface area contributed by atoms with Crippen LogP contribution in [0.3, 0.4) is 0 Å². The van der Waals surface area contributed by atoms with Gasteiger partial charge in [-0.25, -0.2) is 0 Å². The fraction of sp³-hybridized carbons (Fsp3) is 0.571. The average Bonchev–Trinajstić information content (AvgIpc) is 2.29. The zero-order valence-corrected chi connectivity index (χ0v) is 12.4. The van der Waals surface area contributed by atoms with Crippen molar-refractivity contribution in [3.05, 3.63) is 34.3 Å². The van der Waals surface area contributed by atoms with Gasteiger partial charge >= 0.3 is 0 Å². The van der Waals surface area contributed by atoms with Crippen LogP contribution in [0.25, 0.3) is 0 Å². The highest BCUT2D eigenvalue weighted by Gasteiger charge is 2.26. The molecule has 1 aromatic rings. The van der Waals surface area contributed by atoms with Crippen molar-refractivity contribution < 1.29 is 0 Å². The Kier molecular flexibility index (Phi) is 4.23. The Labute approximate surface area is 113 Å². The highest BCUT2D eigenvalue weighted by Crippen LogP contribution is 2.25. The van der Waals surface area contributed by atoms with E-state index in [1.54, 1.807) is 0 Å². The lowest BCUT2D eigenvalue weighted by molar-refractivity contribution is 0.0673. The smallest absolute Gasteiger partial charge is 0.0323 e. The fourth-order valence-corrected chi connectivity index (χ4v) is 2.93. The third kappa shape index (κ3) is 3.09. The van der Waals surface area contributed by atoms with Gasteiger partial charge in [-0.05, 0) is 38.6 Å². The van der Waals surface area contributed by atoms with E-state index in [-0.39, 0.29) is 0 Å². The first-order valence-electron chi connectivity index (χ1n) is 6.27. The predicted molar refractivity (Wildman–Crippen MR) is 76.2 cm³/mol. The highest BCUT2D eigenvalue weighted by atomic mass is 79.9. The Bertz CT molecular complexity index is 363. The van der Waals surface area contributed by atoms with E-state index < -0.39 is 0 Å². The van der Waals surface area contributed by atoms with E-state index in [1.165, 1.54) is 18.7 Å². The summed E-state index contributed by atoms with van der Waals surface area (Å²) < 4.78 is 1.15. The van der Waals surface area contributed by atoms with E-state index in [0.717, 1.165) is 11.0 Å². The fourth-order valence-electron chi connectivity index (χ4n) is 2.66. The summed E-state index contributed by atoms with van der Waals surface area (Å²) in [6.45, 7) is 8.14. The van der Waals surface area contributed by atoms with Gasteiger partial charge in [0.1, 0.15) is 0 Å². The monoisotopic (exact) mass is 296 g/mol. The number of benzene rings is 1. The second-order valence-electron chi connectivity index (χ2n) is 5.08. The van der Waals surface area contributed by atoms with Gasteiger partial charge in [-0.2, -0.15) is 0 Å². The zero-order chi connectivity index (χ0) is 12.4. The molecule has 0 aliphatic carbocycles. The second kappa shape index (κ2) is 5.51. The summed E-state index contributed by atoms with van der Waals surface area (Å²) in [5.41, 5.74) is 1.41. The summed E-state index contributed by atoms with van der Waals surface area (Å²) in [6, 6.07) is 9.85. The third-order valence-electron chi connectivity index (χ3n) is 3.73. The van der Waals surface area contributed by atoms with Crippen molar-refractivity contribution >= 4 is 15.9 Å². The van der Waals surface area contributed by atoms with Crippen LogP contribution >= 0.6 is 15.9 Å². The highest BCUT2D eigenvalue weighted by molar-refractivity contribution is 9.10. The molecule has 2 unspecified atom stereocenters. The van der Waals surface area contributed by atoms with Crippen LogP contribution < -0.4 is 0 Å². The van der Waals surface area contributed by atoms with Gasteiger partial charge in [0.25, 0.3) is 0 Å². The first-order valence-corrected chi connectivity index (χ1v) is 7.07.